The van der Waals surface area contributed by atoms with Gasteiger partial charge in [-0.3, -0.25) is 0 Å². The van der Waals surface area contributed by atoms with Gasteiger partial charge in [-0.2, -0.15) is 10.3 Å². The largest absolute Gasteiger partial charge is 2.00 e. The Kier molecular flexibility index (Phi) is 36.3. The zero-order chi connectivity index (χ0) is 27.6. The van der Waals surface area contributed by atoms with Crippen LogP contribution in [0.25, 0.3) is 10.8 Å². The van der Waals surface area contributed by atoms with Crippen molar-refractivity contribution in [2.24, 2.45) is 0 Å². The number of nitrogens with one attached hydrogen (secondary N) is 4. The van der Waals surface area contributed by atoms with E-state index in [2.05, 4.69) is 45.7 Å². The molecule has 0 radical (unpaired) electrons. The summed E-state index contributed by atoms with van der Waals surface area (Å²) in [5, 5.41) is 52.8. The summed E-state index contributed by atoms with van der Waals surface area (Å²) in [6.07, 6.45) is 2.14. The van der Waals surface area contributed by atoms with Gasteiger partial charge in [0, 0.05) is 12.1 Å². The van der Waals surface area contributed by atoms with Crippen molar-refractivity contribution in [3.63, 3.8) is 0 Å². The molecule has 0 spiro atoms. The first-order valence-electron chi connectivity index (χ1n) is 11.6. The van der Waals surface area contributed by atoms with Gasteiger partial charge in [0.15, 0.2) is 0 Å². The van der Waals surface area contributed by atoms with Crippen LogP contribution in [0.1, 0.15) is 49.9 Å². The number of nitrogens with zero attached hydrogens (tertiary/aromatic N) is 2. The molecule has 0 saturated heterocycles. The van der Waals surface area contributed by atoms with Gasteiger partial charge < -0.3 is 42.3 Å². The van der Waals surface area contributed by atoms with Crippen LogP contribution in [0, 0.1) is 0 Å². The van der Waals surface area contributed by atoms with Gasteiger partial charge in [-0.05, 0) is 78.1 Å². The zero-order valence-corrected chi connectivity index (χ0v) is 25.8. The summed E-state index contributed by atoms with van der Waals surface area (Å²) in [6, 6.07) is 14.6. The molecule has 0 aliphatic carbocycles. The minimum Gasteiger partial charge on any atom is -0.872 e. The van der Waals surface area contributed by atoms with Crippen LogP contribution in [0.15, 0.2) is 48.5 Å². The van der Waals surface area contributed by atoms with E-state index in [-0.39, 0.29) is 56.6 Å². The fourth-order valence-corrected chi connectivity index (χ4v) is 3.06. The van der Waals surface area contributed by atoms with Crippen molar-refractivity contribution < 1.29 is 43.2 Å². The van der Waals surface area contributed by atoms with Gasteiger partial charge >= 0.3 is 33.0 Å². The molecule has 0 aromatic heterocycles. The standard InChI is InChI=1S/2C12H20N2O.2CNS.2Ni/c2*1-10(14-9-5-8-13-2)11-6-3-4-7-12(11)15;2*2-1-3;;/h2*3-4,6-7,10,13-15H,5,8-9H2,1-2H3;;;;/q;;2*-1;2*+2/p-2/t2*10-;;;;/m10..../s1. The Labute approximate surface area is 259 Å². The van der Waals surface area contributed by atoms with Gasteiger partial charge in [0.1, 0.15) is 0 Å². The van der Waals surface area contributed by atoms with E-state index < -0.39 is 0 Å². The Bertz CT molecular complexity index is 813. The second kappa shape index (κ2) is 31.7. The monoisotopic (exact) mass is 646 g/mol. The van der Waals surface area contributed by atoms with E-state index in [4.69, 9.17) is 10.8 Å². The summed E-state index contributed by atoms with van der Waals surface area (Å²) in [5.74, 6) is 0.234. The molecule has 2 atom stereocenters. The molecule has 12 heteroatoms. The molecule has 38 heavy (non-hydrogen) atoms. The molecular weight excluding hydrogens is 610 g/mol. The number of benzene rings is 2. The van der Waals surface area contributed by atoms with Crippen LogP contribution in [-0.2, 0) is 33.0 Å². The van der Waals surface area contributed by atoms with E-state index in [0.29, 0.717) is 0 Å². The Balaban J connectivity index is -0.000000241. The van der Waals surface area contributed by atoms with E-state index in [0.717, 1.165) is 50.1 Å². The zero-order valence-electron chi connectivity index (χ0n) is 22.2. The van der Waals surface area contributed by atoms with Crippen LogP contribution < -0.4 is 31.5 Å². The summed E-state index contributed by atoms with van der Waals surface area (Å²) >= 11 is 7.40. The van der Waals surface area contributed by atoms with Gasteiger partial charge in [-0.25, -0.2) is 0 Å². The fourth-order valence-electron chi connectivity index (χ4n) is 3.06. The van der Waals surface area contributed by atoms with Crippen molar-refractivity contribution in [1.82, 2.24) is 21.3 Å². The molecular formula is C26H38N6Ni2O2S2. The van der Waals surface area contributed by atoms with Crippen molar-refractivity contribution in [2.45, 2.75) is 38.8 Å². The molecule has 0 aliphatic heterocycles. The van der Waals surface area contributed by atoms with E-state index >= 15 is 0 Å². The summed E-state index contributed by atoms with van der Waals surface area (Å²) in [6.45, 7) is 7.90. The predicted molar refractivity (Wildman–Crippen MR) is 154 cm³/mol. The van der Waals surface area contributed by atoms with E-state index in [1.165, 1.54) is 10.3 Å². The fraction of sp³-hybridized carbons (Fsp3) is 0.462. The molecule has 0 saturated carbocycles. The Morgan fingerprint density at radius 3 is 1.24 bits per heavy atom. The predicted octanol–water partition coefficient (Wildman–Crippen LogP) is 3.35. The molecule has 2 aromatic carbocycles. The third-order valence-corrected chi connectivity index (χ3v) is 4.88. The van der Waals surface area contributed by atoms with E-state index in [9.17, 15) is 10.2 Å². The molecule has 0 fully saturated rings. The van der Waals surface area contributed by atoms with Crippen LogP contribution in [0.5, 0.6) is 11.5 Å². The molecule has 0 bridgehead atoms. The average molecular weight is 648 g/mol. The molecule has 0 unspecified atom stereocenters. The third-order valence-electron chi connectivity index (χ3n) is 4.88. The minimum atomic E-state index is 0. The summed E-state index contributed by atoms with van der Waals surface area (Å²) in [4.78, 5) is 0. The molecule has 2 aromatic rings. The Morgan fingerprint density at radius 1 is 0.684 bits per heavy atom. The van der Waals surface area contributed by atoms with Crippen LogP contribution >= 0.6 is 24.4 Å². The number of para-hydroxylation sites is 2. The number of hydrogen-bond acceptors (Lipinski definition) is 8. The second-order valence-corrected chi connectivity index (χ2v) is 7.89. The van der Waals surface area contributed by atoms with E-state index in [1.54, 1.807) is 24.3 Å². The smallest absolute Gasteiger partial charge is 0.872 e. The maximum Gasteiger partial charge on any atom is 2.00 e. The number of isothiocyanates is 2. The Hall–Kier alpha value is -1.53. The maximum atomic E-state index is 11.5. The van der Waals surface area contributed by atoms with Gasteiger partial charge in [-0.1, -0.05) is 73.0 Å². The van der Waals surface area contributed by atoms with Gasteiger partial charge in [-0.15, -0.1) is 11.5 Å². The Morgan fingerprint density at radius 2 is 0.974 bits per heavy atom. The number of hydrogen-bond donors (Lipinski definition) is 4. The molecule has 0 heterocycles. The van der Waals surface area contributed by atoms with Crippen LogP contribution in [0.4, 0.5) is 0 Å². The SMILES string of the molecule is CNCCCN[C@@H](C)c1ccccc1[O-].CNCCCN[C@H](C)c1ccccc1[O-].[N-]=C=S.[N-]=C=S.[Ni+2].[Ni+2]. The first-order valence-corrected chi connectivity index (χ1v) is 12.5. The van der Waals surface area contributed by atoms with Crippen LogP contribution in [0.3, 0.4) is 0 Å². The van der Waals surface area contributed by atoms with E-state index in [1.807, 2.05) is 52.2 Å². The summed E-state index contributed by atoms with van der Waals surface area (Å²) in [7, 11) is 3.88. The molecule has 8 nitrogen and oxygen atoms in total. The summed E-state index contributed by atoms with van der Waals surface area (Å²) < 4.78 is 0. The molecule has 0 amide bonds. The van der Waals surface area contributed by atoms with Gasteiger partial charge in [0.05, 0.1) is 0 Å². The molecule has 216 valence electrons. The minimum absolute atomic E-state index is 0. The quantitative estimate of drug-likeness (QED) is 0.119. The number of thiocarbonyl (C=S) groups is 2. The van der Waals surface area contributed by atoms with Crippen molar-refractivity contribution in [1.29, 1.82) is 0 Å². The third kappa shape index (κ3) is 23.6. The van der Waals surface area contributed by atoms with Gasteiger partial charge in [0.2, 0.25) is 0 Å². The average Bonchev–Trinajstić information content (AvgIpc) is 2.86. The maximum absolute atomic E-state index is 11.5. The molecule has 4 N–H and O–H groups in total. The molecule has 2 rings (SSSR count). The number of rotatable bonds is 12. The normalized spacial score (nSPS) is 10.4. The van der Waals surface area contributed by atoms with Crippen molar-refractivity contribution in [2.75, 3.05) is 40.3 Å². The first kappa shape index (κ1) is 43.5. The van der Waals surface area contributed by atoms with Crippen LogP contribution in [-0.4, -0.2) is 50.6 Å². The molecule has 0 aliphatic rings. The van der Waals surface area contributed by atoms with Crippen molar-refractivity contribution in [3.8, 4) is 11.5 Å². The van der Waals surface area contributed by atoms with Crippen LogP contribution in [0.2, 0.25) is 0 Å². The topological polar surface area (TPSA) is 139 Å². The van der Waals surface area contributed by atoms with Crippen molar-refractivity contribution >= 4 is 34.8 Å². The summed E-state index contributed by atoms with van der Waals surface area (Å²) in [5.41, 5.74) is 1.70. The second-order valence-electron chi connectivity index (χ2n) is 7.52. The van der Waals surface area contributed by atoms with Gasteiger partial charge in [0.25, 0.3) is 0 Å². The first-order chi connectivity index (χ1) is 17.3. The van der Waals surface area contributed by atoms with Crippen molar-refractivity contribution in [3.05, 3.63) is 70.5 Å².